The predicted molar refractivity (Wildman–Crippen MR) is 87.7 cm³/mol. The average molecular weight is 758 g/mol. The molecule has 0 aromatic carbocycles. The SMILES string of the molecule is O=P(O)(O)OC(CC(F)(F)C(F)F)(CC(F)(F)C(F)F)C(F)(F)C(F)(F)C(F)(F)C(F)(F)C(F)(F)C(F)(F)C(F)(F)C(F)(F)F. The van der Waals surface area contributed by atoms with Crippen molar-refractivity contribution < 1.29 is 129 Å². The van der Waals surface area contributed by atoms with Gasteiger partial charge in [0.2, 0.25) is 0 Å². The predicted octanol–water partition coefficient (Wildman–Crippen LogP) is 8.42. The lowest BCUT2D eigenvalue weighted by Gasteiger charge is -2.48. The lowest BCUT2D eigenvalue weighted by molar-refractivity contribution is -0.468. The first-order chi connectivity index (χ1) is 19.0. The standard InChI is InChI=1S/C15H8F25O4P/c16-3(17)6(20,21)1-5(44-45(41,42)43,2-7(22,23)4(18)19)8(24,25)9(26,27)10(28,29)11(30,31)12(32,33)13(34,35)14(36,37)15(38,39)40/h3-4H,1-2H2,(H2,41,42,43). The third-order valence-electron chi connectivity index (χ3n) is 5.27. The number of phosphoric acid groups is 1. The van der Waals surface area contributed by atoms with Crippen LogP contribution in [0.15, 0.2) is 0 Å². The molecular weight excluding hydrogens is 750 g/mol. The van der Waals surface area contributed by atoms with Crippen molar-refractivity contribution in [1.82, 2.24) is 0 Å². The highest BCUT2D eigenvalue weighted by atomic mass is 31.2. The topological polar surface area (TPSA) is 66.8 Å². The molecule has 0 spiro atoms. The summed E-state index contributed by atoms with van der Waals surface area (Å²) in [5, 5.41) is 0. The Morgan fingerprint density at radius 3 is 0.867 bits per heavy atom. The quantitative estimate of drug-likeness (QED) is 0.130. The Bertz CT molecular complexity index is 1070. The van der Waals surface area contributed by atoms with E-state index in [-0.39, 0.29) is 0 Å². The van der Waals surface area contributed by atoms with Gasteiger partial charge < -0.3 is 9.79 Å². The fraction of sp³-hybridized carbons (Fsp3) is 1.00. The first kappa shape index (κ1) is 43.4. The number of hydrogen-bond acceptors (Lipinski definition) is 2. The van der Waals surface area contributed by atoms with Crippen molar-refractivity contribution in [2.75, 3.05) is 0 Å². The number of phosphoric ester groups is 1. The molecule has 4 nitrogen and oxygen atoms in total. The van der Waals surface area contributed by atoms with E-state index in [0.29, 0.717) is 0 Å². The van der Waals surface area contributed by atoms with Gasteiger partial charge in [-0.3, -0.25) is 4.52 Å². The van der Waals surface area contributed by atoms with Crippen LogP contribution in [0.3, 0.4) is 0 Å². The van der Waals surface area contributed by atoms with Gasteiger partial charge in [0.15, 0.2) is 5.60 Å². The van der Waals surface area contributed by atoms with Crippen LogP contribution in [0.4, 0.5) is 110 Å². The van der Waals surface area contributed by atoms with Gasteiger partial charge in [-0.15, -0.1) is 0 Å². The summed E-state index contributed by atoms with van der Waals surface area (Å²) in [6, 6.07) is 0. The van der Waals surface area contributed by atoms with Gasteiger partial charge in [-0.25, -0.2) is 39.7 Å². The van der Waals surface area contributed by atoms with E-state index in [4.69, 9.17) is 9.79 Å². The van der Waals surface area contributed by atoms with E-state index < -0.39 is 98.6 Å². The van der Waals surface area contributed by atoms with Crippen molar-refractivity contribution in [2.45, 2.75) is 90.8 Å². The minimum atomic E-state index is -9.53. The average Bonchev–Trinajstić information content (AvgIpc) is 2.75. The molecule has 0 bridgehead atoms. The Hall–Kier alpha value is -1.64. The van der Waals surface area contributed by atoms with E-state index in [0.717, 1.165) is 0 Å². The normalized spacial score (nSPS) is 16.6. The second-order valence-electron chi connectivity index (χ2n) is 8.57. The molecule has 2 N–H and O–H groups in total. The number of alkyl halides is 25. The molecule has 0 aliphatic heterocycles. The Morgan fingerprint density at radius 1 is 0.444 bits per heavy atom. The molecule has 0 fully saturated rings. The van der Waals surface area contributed by atoms with Crippen LogP contribution in [-0.4, -0.2) is 87.7 Å². The van der Waals surface area contributed by atoms with Crippen molar-refractivity contribution >= 4 is 7.82 Å². The van der Waals surface area contributed by atoms with Crippen LogP contribution in [0, 0.1) is 0 Å². The van der Waals surface area contributed by atoms with E-state index in [1.54, 1.807) is 0 Å². The van der Waals surface area contributed by atoms with E-state index in [9.17, 15) is 114 Å². The zero-order valence-corrected chi connectivity index (χ0v) is 20.6. The second kappa shape index (κ2) is 11.5. The zero-order valence-electron chi connectivity index (χ0n) is 19.7. The summed E-state index contributed by atoms with van der Waals surface area (Å²) in [4.78, 5) is 17.0. The van der Waals surface area contributed by atoms with Crippen molar-refractivity contribution in [3.63, 3.8) is 0 Å². The fourth-order valence-corrected chi connectivity index (χ4v) is 3.70. The van der Waals surface area contributed by atoms with Crippen LogP contribution in [0.1, 0.15) is 12.8 Å². The monoisotopic (exact) mass is 758 g/mol. The van der Waals surface area contributed by atoms with Gasteiger partial charge in [0, 0.05) is 0 Å². The zero-order chi connectivity index (χ0) is 37.3. The molecule has 0 rings (SSSR count). The highest BCUT2D eigenvalue weighted by molar-refractivity contribution is 7.46. The number of hydrogen-bond donors (Lipinski definition) is 2. The van der Waals surface area contributed by atoms with E-state index in [1.165, 1.54) is 0 Å². The van der Waals surface area contributed by atoms with Crippen LogP contribution in [0.2, 0.25) is 0 Å². The van der Waals surface area contributed by atoms with Gasteiger partial charge >= 0.3 is 80.2 Å². The third kappa shape index (κ3) is 6.85. The highest BCUT2D eigenvalue weighted by Crippen LogP contribution is 2.67. The van der Waals surface area contributed by atoms with Gasteiger partial charge in [-0.05, 0) is 0 Å². The third-order valence-corrected chi connectivity index (χ3v) is 5.86. The first-order valence-electron chi connectivity index (χ1n) is 9.80. The Balaban J connectivity index is 8.03. The van der Waals surface area contributed by atoms with E-state index >= 15 is 0 Å². The molecule has 0 aliphatic carbocycles. The molecule has 30 heteroatoms. The summed E-state index contributed by atoms with van der Waals surface area (Å²) in [5.41, 5.74) is -7.23. The molecular formula is C15H8F25O4P. The molecule has 0 aliphatic rings. The van der Waals surface area contributed by atoms with Crippen molar-refractivity contribution in [1.29, 1.82) is 0 Å². The molecule has 0 heterocycles. The molecule has 0 atom stereocenters. The molecule has 0 amide bonds. The minimum absolute atomic E-state index is 2.34. The molecule has 0 aromatic heterocycles. The number of rotatable bonds is 15. The summed E-state index contributed by atoms with van der Waals surface area (Å²) < 4.78 is 348. The Kier molecular flexibility index (Phi) is 11.1. The molecule has 272 valence electrons. The van der Waals surface area contributed by atoms with Crippen LogP contribution in [-0.2, 0) is 9.09 Å². The maximum Gasteiger partial charge on any atom is 0.470 e. The largest absolute Gasteiger partial charge is 0.470 e. The lowest BCUT2D eigenvalue weighted by Crippen LogP contribution is -2.77. The van der Waals surface area contributed by atoms with Crippen LogP contribution in [0.25, 0.3) is 0 Å². The van der Waals surface area contributed by atoms with Gasteiger partial charge in [0.25, 0.3) is 0 Å². The number of halogens is 25. The molecule has 0 saturated carbocycles. The summed E-state index contributed by atoms with van der Waals surface area (Å²) in [7, 11) is -7.77. The van der Waals surface area contributed by atoms with Crippen molar-refractivity contribution in [3.05, 3.63) is 0 Å². The van der Waals surface area contributed by atoms with E-state index in [1.807, 2.05) is 0 Å². The highest BCUT2D eigenvalue weighted by Gasteiger charge is 2.96. The molecule has 45 heavy (non-hydrogen) atoms. The Morgan fingerprint density at radius 2 is 0.667 bits per heavy atom. The van der Waals surface area contributed by atoms with Crippen LogP contribution >= 0.6 is 7.82 Å². The van der Waals surface area contributed by atoms with Gasteiger partial charge in [-0.1, -0.05) is 0 Å². The van der Waals surface area contributed by atoms with E-state index in [2.05, 4.69) is 4.52 Å². The molecule has 0 aromatic rings. The summed E-state index contributed by atoms with van der Waals surface area (Å²) in [6.07, 6.45) is -29.3. The molecule has 0 unspecified atom stereocenters. The molecule has 0 radical (unpaired) electrons. The maximum absolute atomic E-state index is 14.8. The lowest BCUT2D eigenvalue weighted by atomic mass is 9.77. The molecule has 0 saturated heterocycles. The minimum Gasteiger partial charge on any atom is -0.303 e. The van der Waals surface area contributed by atoms with Crippen molar-refractivity contribution in [3.8, 4) is 0 Å². The van der Waals surface area contributed by atoms with Gasteiger partial charge in [0.1, 0.15) is 0 Å². The van der Waals surface area contributed by atoms with Gasteiger partial charge in [0.05, 0.1) is 12.8 Å². The Labute approximate surface area is 228 Å². The summed E-state index contributed by atoms with van der Waals surface area (Å²) in [6.45, 7) is 0. The summed E-state index contributed by atoms with van der Waals surface area (Å²) >= 11 is 0. The second-order valence-corrected chi connectivity index (χ2v) is 9.74. The van der Waals surface area contributed by atoms with Crippen LogP contribution < -0.4 is 0 Å². The summed E-state index contributed by atoms with van der Waals surface area (Å²) in [5.74, 6) is -78.2. The van der Waals surface area contributed by atoms with Gasteiger partial charge in [-0.2, -0.15) is 74.6 Å². The maximum atomic E-state index is 14.8. The fourth-order valence-electron chi connectivity index (χ4n) is 3.00. The first-order valence-corrected chi connectivity index (χ1v) is 11.3. The smallest absolute Gasteiger partial charge is 0.303 e. The van der Waals surface area contributed by atoms with Crippen LogP contribution in [0.5, 0.6) is 0 Å². The van der Waals surface area contributed by atoms with Crippen molar-refractivity contribution in [2.24, 2.45) is 0 Å².